The molecule has 3 N–H and O–H groups in total. The number of hydrogen-bond acceptors (Lipinski definition) is 6. The van der Waals surface area contributed by atoms with Gasteiger partial charge in [-0.2, -0.15) is 0 Å². The second-order valence-electron chi connectivity index (χ2n) is 11.8. The minimum absolute atomic E-state index is 0.0653. The first-order valence-corrected chi connectivity index (χ1v) is 16.5. The molecule has 0 bridgehead atoms. The number of amides is 4. The van der Waals surface area contributed by atoms with E-state index < -0.39 is 12.1 Å². The first-order chi connectivity index (χ1) is 21.4. The van der Waals surface area contributed by atoms with Crippen molar-refractivity contribution in [3.05, 3.63) is 66.2 Å². The first kappa shape index (κ1) is 31.4. The molecule has 9 nitrogen and oxygen atoms in total. The summed E-state index contributed by atoms with van der Waals surface area (Å²) in [5.41, 5.74) is 1.84. The Bertz CT molecular complexity index is 1450. The van der Waals surface area contributed by atoms with Crippen LogP contribution in [0.5, 0.6) is 0 Å². The zero-order valence-corrected chi connectivity index (χ0v) is 26.2. The smallest absolute Gasteiger partial charge is 0.257 e. The van der Waals surface area contributed by atoms with E-state index in [9.17, 15) is 19.2 Å². The van der Waals surface area contributed by atoms with Gasteiger partial charge in [0.2, 0.25) is 17.7 Å². The summed E-state index contributed by atoms with van der Waals surface area (Å²) in [7, 11) is 0. The van der Waals surface area contributed by atoms with Gasteiger partial charge in [-0.25, -0.2) is 4.98 Å². The van der Waals surface area contributed by atoms with Gasteiger partial charge in [-0.3, -0.25) is 24.5 Å². The quantitative estimate of drug-likeness (QED) is 0.255. The molecule has 1 aliphatic heterocycles. The van der Waals surface area contributed by atoms with E-state index in [1.54, 1.807) is 29.2 Å². The predicted octanol–water partition coefficient (Wildman–Crippen LogP) is 6.10. The molecule has 0 unspecified atom stereocenters. The van der Waals surface area contributed by atoms with Crippen LogP contribution >= 0.6 is 11.3 Å². The van der Waals surface area contributed by atoms with Crippen LogP contribution in [0.4, 0.5) is 10.1 Å². The molecule has 0 radical (unpaired) electrons. The molecule has 44 heavy (non-hydrogen) atoms. The van der Waals surface area contributed by atoms with E-state index >= 15 is 0 Å². The number of nitrogens with one attached hydrogen (secondary N) is 3. The van der Waals surface area contributed by atoms with Crippen LogP contribution in [0, 0.1) is 11.8 Å². The van der Waals surface area contributed by atoms with Gasteiger partial charge in [-0.1, -0.05) is 93.0 Å². The fourth-order valence-corrected chi connectivity index (χ4v) is 6.90. The van der Waals surface area contributed by atoms with Crippen molar-refractivity contribution in [2.24, 2.45) is 11.8 Å². The third-order valence-corrected chi connectivity index (χ3v) is 9.64. The Morgan fingerprint density at radius 1 is 0.909 bits per heavy atom. The monoisotopic (exact) mass is 615 g/mol. The lowest BCUT2D eigenvalue weighted by Gasteiger charge is -2.35. The highest BCUT2D eigenvalue weighted by Gasteiger charge is 2.41. The van der Waals surface area contributed by atoms with Crippen LogP contribution in [-0.4, -0.2) is 52.1 Å². The van der Waals surface area contributed by atoms with E-state index in [-0.39, 0.29) is 35.5 Å². The molecule has 3 aromatic rings. The topological polar surface area (TPSA) is 121 Å². The van der Waals surface area contributed by atoms with Crippen LogP contribution in [0.3, 0.4) is 0 Å². The molecule has 2 aromatic carbocycles. The number of hydrogen-bond donors (Lipinski definition) is 3. The van der Waals surface area contributed by atoms with Crippen molar-refractivity contribution in [2.75, 3.05) is 17.2 Å². The lowest BCUT2D eigenvalue weighted by Crippen LogP contribution is -2.56. The van der Waals surface area contributed by atoms with Crippen LogP contribution in [0.25, 0.3) is 11.3 Å². The molecule has 1 aliphatic carbocycles. The zero-order valence-electron chi connectivity index (χ0n) is 25.4. The Balaban J connectivity index is 1.36. The Morgan fingerprint density at radius 3 is 2.27 bits per heavy atom. The van der Waals surface area contributed by atoms with Crippen LogP contribution in [-0.2, 0) is 14.4 Å². The van der Waals surface area contributed by atoms with Crippen molar-refractivity contribution in [3.63, 3.8) is 0 Å². The Morgan fingerprint density at radius 2 is 1.59 bits per heavy atom. The van der Waals surface area contributed by atoms with Gasteiger partial charge in [0.15, 0.2) is 5.13 Å². The van der Waals surface area contributed by atoms with Crippen LogP contribution in [0.15, 0.2) is 60.7 Å². The van der Waals surface area contributed by atoms with E-state index in [1.165, 1.54) is 11.3 Å². The summed E-state index contributed by atoms with van der Waals surface area (Å²) >= 11 is 1.18. The average molecular weight is 616 g/mol. The fourth-order valence-electron chi connectivity index (χ4n) is 6.02. The Labute approximate surface area is 262 Å². The molecule has 2 fully saturated rings. The number of benzene rings is 2. The highest BCUT2D eigenvalue weighted by Crippen LogP contribution is 2.37. The summed E-state index contributed by atoms with van der Waals surface area (Å²) in [4.78, 5) is 60.0. The second kappa shape index (κ2) is 14.6. The molecule has 4 amide bonds. The minimum atomic E-state index is -0.665. The van der Waals surface area contributed by atoms with Crippen LogP contribution in [0.2, 0.25) is 0 Å². The molecular formula is C34H41N5O4S. The molecule has 1 aromatic heterocycles. The normalized spacial score (nSPS) is 18.3. The SMILES string of the molecule is CC[C@@H](C)C(=O)N[C@H](C(=O)N1CCC[C@H]1C(=O)Nc1sc(NC(=O)c2ccccc2)nc1-c1ccccc1)C1CCCCC1. The molecular weight excluding hydrogens is 574 g/mol. The van der Waals surface area contributed by atoms with Crippen molar-refractivity contribution in [3.8, 4) is 11.3 Å². The summed E-state index contributed by atoms with van der Waals surface area (Å²) in [6.45, 7) is 4.30. The molecule has 232 valence electrons. The summed E-state index contributed by atoms with van der Waals surface area (Å²) in [6, 6.07) is 17.0. The molecule has 1 saturated carbocycles. The number of carbonyl (C=O) groups is 4. The van der Waals surface area contributed by atoms with Gasteiger partial charge in [0.05, 0.1) is 0 Å². The Kier molecular flexibility index (Phi) is 10.4. The predicted molar refractivity (Wildman–Crippen MR) is 173 cm³/mol. The van der Waals surface area contributed by atoms with Gasteiger partial charge in [-0.05, 0) is 50.2 Å². The third kappa shape index (κ3) is 7.35. The van der Waals surface area contributed by atoms with Gasteiger partial charge in [0.1, 0.15) is 22.8 Å². The second-order valence-corrected chi connectivity index (χ2v) is 12.8. The third-order valence-electron chi connectivity index (χ3n) is 8.75. The number of thiazole rings is 1. The van der Waals surface area contributed by atoms with Crippen molar-refractivity contribution in [1.29, 1.82) is 0 Å². The number of anilines is 2. The molecule has 2 heterocycles. The van der Waals surface area contributed by atoms with Crippen molar-refractivity contribution in [2.45, 2.75) is 77.3 Å². The number of nitrogens with zero attached hydrogens (tertiary/aromatic N) is 2. The van der Waals surface area contributed by atoms with Crippen molar-refractivity contribution in [1.82, 2.24) is 15.2 Å². The molecule has 10 heteroatoms. The average Bonchev–Trinajstić information content (AvgIpc) is 3.71. The van der Waals surface area contributed by atoms with Gasteiger partial charge in [-0.15, -0.1) is 0 Å². The van der Waals surface area contributed by atoms with Gasteiger partial charge >= 0.3 is 0 Å². The number of aromatic nitrogens is 1. The summed E-state index contributed by atoms with van der Waals surface area (Å²) < 4.78 is 0. The summed E-state index contributed by atoms with van der Waals surface area (Å²) in [6.07, 6.45) is 6.92. The maximum Gasteiger partial charge on any atom is 0.257 e. The van der Waals surface area contributed by atoms with E-state index in [1.807, 2.05) is 50.2 Å². The first-order valence-electron chi connectivity index (χ1n) is 15.7. The van der Waals surface area contributed by atoms with E-state index in [0.29, 0.717) is 47.2 Å². The highest BCUT2D eigenvalue weighted by atomic mass is 32.1. The molecule has 1 saturated heterocycles. The van der Waals surface area contributed by atoms with Crippen LogP contribution in [0.1, 0.15) is 75.6 Å². The van der Waals surface area contributed by atoms with Gasteiger partial charge < -0.3 is 15.5 Å². The number of likely N-dealkylation sites (tertiary alicyclic amines) is 1. The lowest BCUT2D eigenvalue weighted by molar-refractivity contribution is -0.142. The van der Waals surface area contributed by atoms with E-state index in [4.69, 9.17) is 0 Å². The lowest BCUT2D eigenvalue weighted by atomic mass is 9.83. The standard InChI is InChI=1S/C34H41N5O4S/c1-3-22(2)29(40)35-28(24-16-9-5-10-17-24)33(43)39-21-13-20-26(39)31(42)37-32-27(23-14-7-4-8-15-23)36-34(44-32)38-30(41)25-18-11-6-12-19-25/h4,6-8,11-12,14-15,18-19,22,24,26,28H,3,5,9-10,13,16-17,20-21H2,1-2H3,(H,35,40)(H,37,42)(H,36,38,41)/t22-,26+,28+/m1/s1. The van der Waals surface area contributed by atoms with Crippen LogP contribution < -0.4 is 16.0 Å². The molecule has 2 aliphatic rings. The number of rotatable bonds is 10. The molecule has 3 atom stereocenters. The van der Waals surface area contributed by atoms with Gasteiger partial charge in [0.25, 0.3) is 5.91 Å². The molecule has 5 rings (SSSR count). The Hall–Kier alpha value is -4.05. The maximum atomic E-state index is 14.1. The fraction of sp³-hybridized carbons (Fsp3) is 0.441. The van der Waals surface area contributed by atoms with Crippen molar-refractivity contribution >= 4 is 45.1 Å². The van der Waals surface area contributed by atoms with E-state index in [0.717, 1.165) is 37.7 Å². The minimum Gasteiger partial charge on any atom is -0.344 e. The van der Waals surface area contributed by atoms with Crippen molar-refractivity contribution < 1.29 is 19.2 Å². The summed E-state index contributed by atoms with van der Waals surface area (Å²) in [5, 5.41) is 9.83. The zero-order chi connectivity index (χ0) is 31.1. The molecule has 0 spiro atoms. The van der Waals surface area contributed by atoms with Gasteiger partial charge in [0, 0.05) is 23.6 Å². The van der Waals surface area contributed by atoms with E-state index in [2.05, 4.69) is 20.9 Å². The highest BCUT2D eigenvalue weighted by molar-refractivity contribution is 7.20. The number of carbonyl (C=O) groups excluding carboxylic acids is 4. The maximum absolute atomic E-state index is 14.1. The summed E-state index contributed by atoms with van der Waals surface area (Å²) in [5.74, 6) is -0.999. The largest absolute Gasteiger partial charge is 0.344 e.